The average Bonchev–Trinajstić information content (AvgIpc) is 3.33. The van der Waals surface area contributed by atoms with Crippen LogP contribution in [0.4, 0.5) is 8.78 Å². The Morgan fingerprint density at radius 3 is 2.15 bits per heavy atom. The predicted octanol–water partition coefficient (Wildman–Crippen LogP) is 7.27. The highest BCUT2D eigenvalue weighted by molar-refractivity contribution is 5.91. The summed E-state index contributed by atoms with van der Waals surface area (Å²) in [7, 11) is 0. The molecule has 6 heteroatoms. The number of esters is 1. The van der Waals surface area contributed by atoms with Crippen molar-refractivity contribution in [3.05, 3.63) is 83.4 Å². The van der Waals surface area contributed by atoms with Gasteiger partial charge in [0, 0.05) is 0 Å². The Morgan fingerprint density at radius 2 is 1.50 bits per heavy atom. The van der Waals surface area contributed by atoms with Crippen LogP contribution in [0.15, 0.2) is 60.7 Å². The van der Waals surface area contributed by atoms with Crippen LogP contribution in [0, 0.1) is 11.6 Å². The number of ether oxygens (including phenoxy) is 3. The maximum absolute atomic E-state index is 14.2. The molecule has 4 rings (SSSR count). The van der Waals surface area contributed by atoms with Crippen molar-refractivity contribution in [2.24, 2.45) is 0 Å². The van der Waals surface area contributed by atoms with E-state index in [-0.39, 0.29) is 24.0 Å². The Balaban J connectivity index is 1.41. The molecule has 1 fully saturated rings. The summed E-state index contributed by atoms with van der Waals surface area (Å²) in [5.41, 5.74) is 3.34. The Labute approximate surface area is 198 Å². The molecule has 0 N–H and O–H groups in total. The van der Waals surface area contributed by atoms with Crippen molar-refractivity contribution < 1.29 is 27.8 Å². The molecule has 1 heterocycles. The molecule has 2 unspecified atom stereocenters. The van der Waals surface area contributed by atoms with Gasteiger partial charge in [-0.3, -0.25) is 0 Å². The lowest BCUT2D eigenvalue weighted by molar-refractivity contribution is 0.0396. The zero-order valence-corrected chi connectivity index (χ0v) is 19.4. The van der Waals surface area contributed by atoms with Crippen LogP contribution in [-0.2, 0) is 4.74 Å². The van der Waals surface area contributed by atoms with Crippen molar-refractivity contribution in [2.75, 3.05) is 6.61 Å². The third-order valence-electron chi connectivity index (χ3n) is 5.97. The highest BCUT2D eigenvalue weighted by atomic mass is 19.2. The van der Waals surface area contributed by atoms with Crippen molar-refractivity contribution in [2.45, 2.75) is 51.7 Å². The summed E-state index contributed by atoms with van der Waals surface area (Å²) in [5, 5.41) is 0. The minimum absolute atomic E-state index is 0.149. The molecule has 1 aliphatic rings. The molecule has 2 atom stereocenters. The summed E-state index contributed by atoms with van der Waals surface area (Å²) in [6.07, 6.45) is 4.88. The number of carbonyl (C=O) groups is 1. The molecule has 0 bridgehead atoms. The van der Waals surface area contributed by atoms with Gasteiger partial charge in [-0.25, -0.2) is 4.79 Å². The zero-order valence-electron chi connectivity index (χ0n) is 19.4. The van der Waals surface area contributed by atoms with E-state index in [0.717, 1.165) is 36.8 Å². The first-order valence-electron chi connectivity index (χ1n) is 11.7. The van der Waals surface area contributed by atoms with Crippen LogP contribution in [0.5, 0.6) is 11.5 Å². The molecule has 0 radical (unpaired) electrons. The summed E-state index contributed by atoms with van der Waals surface area (Å²) in [5.74, 6) is -3.93. The number of rotatable bonds is 8. The third-order valence-corrected chi connectivity index (χ3v) is 5.97. The van der Waals surface area contributed by atoms with Crippen molar-refractivity contribution in [3.63, 3.8) is 0 Å². The maximum atomic E-state index is 14.2. The van der Waals surface area contributed by atoms with E-state index in [1.54, 1.807) is 31.2 Å². The van der Waals surface area contributed by atoms with Crippen LogP contribution in [0.2, 0.25) is 0 Å². The fraction of sp³-hybridized carbons (Fsp3) is 0.321. The van der Waals surface area contributed by atoms with E-state index in [2.05, 4.69) is 19.1 Å². The Bertz CT molecular complexity index is 1130. The van der Waals surface area contributed by atoms with E-state index in [9.17, 15) is 13.6 Å². The Hall–Kier alpha value is -3.25. The van der Waals surface area contributed by atoms with Gasteiger partial charge in [-0.05, 0) is 67.1 Å². The normalized spacial score (nSPS) is 17.5. The van der Waals surface area contributed by atoms with Gasteiger partial charge in [0.1, 0.15) is 0 Å². The molecule has 4 nitrogen and oxygen atoms in total. The van der Waals surface area contributed by atoms with Gasteiger partial charge >= 0.3 is 5.97 Å². The fourth-order valence-electron chi connectivity index (χ4n) is 4.19. The number of benzene rings is 3. The van der Waals surface area contributed by atoms with Crippen LogP contribution in [0.25, 0.3) is 11.1 Å². The first kappa shape index (κ1) is 23.9. The minimum Gasteiger partial charge on any atom is -0.491 e. The van der Waals surface area contributed by atoms with Crippen molar-refractivity contribution in [3.8, 4) is 22.6 Å². The molecule has 0 saturated carbocycles. The minimum atomic E-state index is -1.26. The van der Waals surface area contributed by atoms with Gasteiger partial charge in [0.2, 0.25) is 11.6 Å². The average molecular weight is 467 g/mol. The van der Waals surface area contributed by atoms with Crippen LogP contribution >= 0.6 is 0 Å². The molecule has 0 amide bonds. The summed E-state index contributed by atoms with van der Waals surface area (Å²) in [6, 6.07) is 17.4. The Kier molecular flexibility index (Phi) is 7.58. The molecule has 3 aromatic rings. The van der Waals surface area contributed by atoms with Crippen LogP contribution in [0.3, 0.4) is 0 Å². The smallest absolute Gasteiger partial charge is 0.343 e. The van der Waals surface area contributed by atoms with Crippen molar-refractivity contribution in [1.82, 2.24) is 0 Å². The van der Waals surface area contributed by atoms with Gasteiger partial charge in [-0.15, -0.1) is 0 Å². The van der Waals surface area contributed by atoms with E-state index in [1.807, 2.05) is 12.1 Å². The van der Waals surface area contributed by atoms with E-state index < -0.39 is 23.4 Å². The van der Waals surface area contributed by atoms with E-state index in [4.69, 9.17) is 14.2 Å². The first-order chi connectivity index (χ1) is 16.5. The van der Waals surface area contributed by atoms with Gasteiger partial charge in [0.25, 0.3) is 0 Å². The summed E-state index contributed by atoms with van der Waals surface area (Å²) in [4.78, 5) is 12.4. The summed E-state index contributed by atoms with van der Waals surface area (Å²) < 4.78 is 44.5. The molecule has 0 spiro atoms. The third kappa shape index (κ3) is 5.28. The standard InChI is InChI=1S/C28H28F2O4/c1-3-5-22-14-15-23(33-22)20-10-6-18(7-11-20)19-8-12-21(13-9-19)28(31)34-25-17-16-24(32-4-2)26(29)27(25)30/h6-13,16-17,22-23H,3-5,14-15H2,1-2H3. The summed E-state index contributed by atoms with van der Waals surface area (Å²) >= 11 is 0. The summed E-state index contributed by atoms with van der Waals surface area (Å²) in [6.45, 7) is 4.03. The van der Waals surface area contributed by atoms with Gasteiger partial charge < -0.3 is 14.2 Å². The van der Waals surface area contributed by atoms with E-state index in [0.29, 0.717) is 6.10 Å². The number of carbonyl (C=O) groups excluding carboxylic acids is 1. The van der Waals surface area contributed by atoms with Gasteiger partial charge in [-0.2, -0.15) is 8.78 Å². The molecule has 34 heavy (non-hydrogen) atoms. The number of hydrogen-bond donors (Lipinski definition) is 0. The zero-order chi connectivity index (χ0) is 24.1. The molecular weight excluding hydrogens is 438 g/mol. The van der Waals surface area contributed by atoms with Gasteiger partial charge in [-0.1, -0.05) is 49.7 Å². The van der Waals surface area contributed by atoms with Crippen LogP contribution in [0.1, 0.15) is 61.6 Å². The molecule has 0 aliphatic carbocycles. The SMILES string of the molecule is CCCC1CCC(c2ccc(-c3ccc(C(=O)Oc4ccc(OCC)c(F)c4F)cc3)cc2)O1. The second kappa shape index (κ2) is 10.8. The molecule has 0 aromatic heterocycles. The second-order valence-corrected chi connectivity index (χ2v) is 8.32. The quantitative estimate of drug-likeness (QED) is 0.259. The van der Waals surface area contributed by atoms with Crippen LogP contribution in [-0.4, -0.2) is 18.7 Å². The van der Waals surface area contributed by atoms with Crippen molar-refractivity contribution >= 4 is 5.97 Å². The predicted molar refractivity (Wildman–Crippen MR) is 126 cm³/mol. The molecule has 1 aliphatic heterocycles. The monoisotopic (exact) mass is 466 g/mol. The first-order valence-corrected chi connectivity index (χ1v) is 11.7. The Morgan fingerprint density at radius 1 is 0.882 bits per heavy atom. The second-order valence-electron chi connectivity index (χ2n) is 8.32. The topological polar surface area (TPSA) is 44.8 Å². The molecule has 178 valence electrons. The molecule has 1 saturated heterocycles. The van der Waals surface area contributed by atoms with Gasteiger partial charge in [0.15, 0.2) is 11.5 Å². The van der Waals surface area contributed by atoms with E-state index >= 15 is 0 Å². The highest BCUT2D eigenvalue weighted by Crippen LogP contribution is 2.35. The molecular formula is C28H28F2O4. The number of hydrogen-bond acceptors (Lipinski definition) is 4. The highest BCUT2D eigenvalue weighted by Gasteiger charge is 2.25. The van der Waals surface area contributed by atoms with E-state index in [1.165, 1.54) is 17.7 Å². The maximum Gasteiger partial charge on any atom is 0.343 e. The largest absolute Gasteiger partial charge is 0.491 e. The van der Waals surface area contributed by atoms with Gasteiger partial charge in [0.05, 0.1) is 24.4 Å². The lowest BCUT2D eigenvalue weighted by atomic mass is 9.99. The van der Waals surface area contributed by atoms with Crippen LogP contribution < -0.4 is 9.47 Å². The number of halogens is 2. The fourth-order valence-corrected chi connectivity index (χ4v) is 4.19. The lowest BCUT2D eigenvalue weighted by Gasteiger charge is -2.14. The molecule has 3 aromatic carbocycles. The lowest BCUT2D eigenvalue weighted by Crippen LogP contribution is -2.10. The van der Waals surface area contributed by atoms with Crippen molar-refractivity contribution in [1.29, 1.82) is 0 Å².